The standard InChI is InChI=1S/C19H22N2O2/c1-20-19(17(22)13-14-7-4-3-5-8-14)21-12-11-15-16(21)9-6-10-18(15)23-2/h3-12,17,19-20,22H,13H2,1-2H3. The van der Waals surface area contributed by atoms with Crippen LogP contribution in [0.4, 0.5) is 0 Å². The van der Waals surface area contributed by atoms with E-state index in [-0.39, 0.29) is 6.17 Å². The Morgan fingerprint density at radius 1 is 1.09 bits per heavy atom. The molecule has 0 bridgehead atoms. The Morgan fingerprint density at radius 2 is 1.87 bits per heavy atom. The molecule has 2 N–H and O–H groups in total. The van der Waals surface area contributed by atoms with Crippen LogP contribution in [0.15, 0.2) is 60.8 Å². The molecule has 0 aliphatic rings. The lowest BCUT2D eigenvalue weighted by Crippen LogP contribution is -2.35. The molecular formula is C19H22N2O2. The van der Waals surface area contributed by atoms with E-state index in [0.29, 0.717) is 6.42 Å². The minimum Gasteiger partial charge on any atom is -0.496 e. The highest BCUT2D eigenvalue weighted by atomic mass is 16.5. The Morgan fingerprint density at radius 3 is 2.57 bits per heavy atom. The maximum atomic E-state index is 10.7. The molecule has 2 unspecified atom stereocenters. The summed E-state index contributed by atoms with van der Waals surface area (Å²) < 4.78 is 7.48. The fourth-order valence-electron chi connectivity index (χ4n) is 3.06. The third-order valence-electron chi connectivity index (χ3n) is 4.19. The average molecular weight is 310 g/mol. The van der Waals surface area contributed by atoms with E-state index in [2.05, 4.69) is 9.88 Å². The van der Waals surface area contributed by atoms with E-state index in [0.717, 1.165) is 22.2 Å². The second kappa shape index (κ2) is 6.86. The molecule has 0 saturated heterocycles. The quantitative estimate of drug-likeness (QED) is 0.736. The molecule has 3 rings (SSSR count). The first-order chi connectivity index (χ1) is 11.2. The van der Waals surface area contributed by atoms with Gasteiger partial charge in [-0.15, -0.1) is 0 Å². The van der Waals surface area contributed by atoms with E-state index in [1.54, 1.807) is 7.11 Å². The van der Waals surface area contributed by atoms with Crippen LogP contribution in [0.5, 0.6) is 5.75 Å². The number of rotatable bonds is 6. The summed E-state index contributed by atoms with van der Waals surface area (Å²) in [5.41, 5.74) is 2.16. The zero-order valence-corrected chi connectivity index (χ0v) is 13.4. The van der Waals surface area contributed by atoms with Gasteiger partial charge in [0, 0.05) is 18.0 Å². The second-order valence-corrected chi connectivity index (χ2v) is 5.61. The molecule has 0 aliphatic heterocycles. The second-order valence-electron chi connectivity index (χ2n) is 5.61. The van der Waals surface area contributed by atoms with Gasteiger partial charge in [0.05, 0.1) is 18.7 Å². The van der Waals surface area contributed by atoms with Crippen molar-refractivity contribution in [1.82, 2.24) is 9.88 Å². The summed E-state index contributed by atoms with van der Waals surface area (Å²) in [4.78, 5) is 0. The first-order valence-electron chi connectivity index (χ1n) is 7.77. The van der Waals surface area contributed by atoms with Crippen LogP contribution in [0.2, 0.25) is 0 Å². The highest BCUT2D eigenvalue weighted by Gasteiger charge is 2.21. The maximum Gasteiger partial charge on any atom is 0.128 e. The number of nitrogens with zero attached hydrogens (tertiary/aromatic N) is 1. The van der Waals surface area contributed by atoms with Gasteiger partial charge in [-0.05, 0) is 30.8 Å². The van der Waals surface area contributed by atoms with Gasteiger partial charge < -0.3 is 14.4 Å². The van der Waals surface area contributed by atoms with E-state index >= 15 is 0 Å². The van der Waals surface area contributed by atoms with Gasteiger partial charge in [0.15, 0.2) is 0 Å². The molecule has 0 radical (unpaired) electrons. The molecule has 3 aromatic rings. The largest absolute Gasteiger partial charge is 0.496 e. The number of fused-ring (bicyclic) bond motifs is 1. The summed E-state index contributed by atoms with van der Waals surface area (Å²) in [5.74, 6) is 0.841. The van der Waals surface area contributed by atoms with Crippen LogP contribution < -0.4 is 10.1 Å². The van der Waals surface area contributed by atoms with E-state index in [9.17, 15) is 5.11 Å². The number of likely N-dealkylation sites (N-methyl/N-ethyl adjacent to an activating group) is 1. The number of ether oxygens (including phenoxy) is 1. The molecule has 23 heavy (non-hydrogen) atoms. The molecule has 0 fully saturated rings. The van der Waals surface area contributed by atoms with Gasteiger partial charge in [0.2, 0.25) is 0 Å². The zero-order valence-electron chi connectivity index (χ0n) is 13.4. The maximum absolute atomic E-state index is 10.7. The Balaban J connectivity index is 1.91. The number of nitrogens with one attached hydrogen (secondary N) is 1. The number of aromatic nitrogens is 1. The summed E-state index contributed by atoms with van der Waals surface area (Å²) in [6.45, 7) is 0. The number of hydrogen-bond acceptors (Lipinski definition) is 3. The molecule has 1 heterocycles. The van der Waals surface area contributed by atoms with Crippen molar-refractivity contribution >= 4 is 10.9 Å². The van der Waals surface area contributed by atoms with Gasteiger partial charge in [-0.1, -0.05) is 36.4 Å². The minimum atomic E-state index is -0.538. The van der Waals surface area contributed by atoms with E-state index in [1.807, 2.05) is 67.8 Å². The number of aliphatic hydroxyl groups is 1. The van der Waals surface area contributed by atoms with Gasteiger partial charge in [0.1, 0.15) is 11.9 Å². The molecule has 1 aromatic heterocycles. The predicted octanol–water partition coefficient (Wildman–Crippen LogP) is 2.97. The zero-order chi connectivity index (χ0) is 16.2. The highest BCUT2D eigenvalue weighted by Crippen LogP contribution is 2.29. The van der Waals surface area contributed by atoms with E-state index in [4.69, 9.17) is 4.74 Å². The summed E-state index contributed by atoms with van der Waals surface area (Å²) >= 11 is 0. The van der Waals surface area contributed by atoms with E-state index in [1.165, 1.54) is 0 Å². The van der Waals surface area contributed by atoms with Crippen molar-refractivity contribution in [1.29, 1.82) is 0 Å². The van der Waals surface area contributed by atoms with Crippen molar-refractivity contribution < 1.29 is 9.84 Å². The van der Waals surface area contributed by atoms with Crippen LogP contribution in [0.25, 0.3) is 10.9 Å². The van der Waals surface area contributed by atoms with Crippen molar-refractivity contribution in [2.24, 2.45) is 0 Å². The van der Waals surface area contributed by atoms with Crippen LogP contribution in [0.1, 0.15) is 11.7 Å². The van der Waals surface area contributed by atoms with Crippen molar-refractivity contribution in [3.05, 3.63) is 66.4 Å². The summed E-state index contributed by atoms with van der Waals surface area (Å²) in [6.07, 6.45) is 1.84. The lowest BCUT2D eigenvalue weighted by Gasteiger charge is -2.25. The number of hydrogen-bond donors (Lipinski definition) is 2. The van der Waals surface area contributed by atoms with Crippen LogP contribution in [0.3, 0.4) is 0 Å². The molecule has 2 aromatic carbocycles. The Labute approximate surface area is 136 Å². The number of methoxy groups -OCH3 is 1. The van der Waals surface area contributed by atoms with Crippen molar-refractivity contribution in [3.8, 4) is 5.75 Å². The predicted molar refractivity (Wildman–Crippen MR) is 92.7 cm³/mol. The van der Waals surface area contributed by atoms with Gasteiger partial charge in [-0.2, -0.15) is 0 Å². The minimum absolute atomic E-state index is 0.209. The number of aliphatic hydroxyl groups excluding tert-OH is 1. The highest BCUT2D eigenvalue weighted by molar-refractivity contribution is 5.86. The van der Waals surface area contributed by atoms with Crippen LogP contribution in [0, 0.1) is 0 Å². The van der Waals surface area contributed by atoms with Crippen LogP contribution in [-0.4, -0.2) is 29.9 Å². The van der Waals surface area contributed by atoms with Crippen molar-refractivity contribution in [2.45, 2.75) is 18.7 Å². The molecule has 4 heteroatoms. The molecular weight excluding hydrogens is 288 g/mol. The summed E-state index contributed by atoms with van der Waals surface area (Å²) in [6, 6.07) is 18.0. The van der Waals surface area contributed by atoms with Crippen LogP contribution in [-0.2, 0) is 6.42 Å². The fourth-order valence-corrected chi connectivity index (χ4v) is 3.06. The lowest BCUT2D eigenvalue weighted by atomic mass is 10.1. The normalized spacial score (nSPS) is 13.9. The van der Waals surface area contributed by atoms with Crippen LogP contribution >= 0.6 is 0 Å². The monoisotopic (exact) mass is 310 g/mol. The van der Waals surface area contributed by atoms with Gasteiger partial charge in [0.25, 0.3) is 0 Å². The topological polar surface area (TPSA) is 46.4 Å². The Kier molecular flexibility index (Phi) is 4.65. The Bertz CT molecular complexity index is 767. The molecule has 0 saturated carbocycles. The third-order valence-corrected chi connectivity index (χ3v) is 4.19. The molecule has 0 amide bonds. The van der Waals surface area contributed by atoms with Gasteiger partial charge in [-0.25, -0.2) is 0 Å². The molecule has 2 atom stereocenters. The first kappa shape index (κ1) is 15.6. The van der Waals surface area contributed by atoms with Gasteiger partial charge >= 0.3 is 0 Å². The SMILES string of the molecule is CNC(C(O)Cc1ccccc1)n1ccc2c(OC)cccc21. The first-order valence-corrected chi connectivity index (χ1v) is 7.77. The molecule has 120 valence electrons. The summed E-state index contributed by atoms with van der Waals surface area (Å²) in [7, 11) is 3.54. The molecule has 0 spiro atoms. The molecule has 0 aliphatic carbocycles. The van der Waals surface area contributed by atoms with Gasteiger partial charge in [-0.3, -0.25) is 5.32 Å². The van der Waals surface area contributed by atoms with Crippen molar-refractivity contribution in [2.75, 3.05) is 14.2 Å². The van der Waals surface area contributed by atoms with E-state index < -0.39 is 6.10 Å². The summed E-state index contributed by atoms with van der Waals surface area (Å²) in [5, 5.41) is 15.0. The van der Waals surface area contributed by atoms with Crippen molar-refractivity contribution in [3.63, 3.8) is 0 Å². The smallest absolute Gasteiger partial charge is 0.128 e. The lowest BCUT2D eigenvalue weighted by molar-refractivity contribution is 0.100. The fraction of sp³-hybridized carbons (Fsp3) is 0.263. The third kappa shape index (κ3) is 3.09. The average Bonchev–Trinajstić information content (AvgIpc) is 3.00. The molecule has 4 nitrogen and oxygen atoms in total. The Hall–Kier alpha value is -2.30. The number of benzene rings is 2.